The Morgan fingerprint density at radius 2 is 1.00 bits per heavy atom. The lowest BCUT2D eigenvalue weighted by Gasteiger charge is -2.13. The number of imide groups is 1. The second-order valence-corrected chi connectivity index (χ2v) is 8.34. The molecule has 1 aliphatic heterocycles. The highest BCUT2D eigenvalue weighted by Crippen LogP contribution is 2.11. The number of ether oxygens (including phenoxy) is 1. The van der Waals surface area contributed by atoms with Crippen molar-refractivity contribution in [2.45, 2.75) is 19.4 Å². The van der Waals surface area contributed by atoms with E-state index in [4.69, 9.17) is 4.74 Å². The summed E-state index contributed by atoms with van der Waals surface area (Å²) in [6, 6.07) is 8.88. The highest BCUT2D eigenvalue weighted by molar-refractivity contribution is 6.01. The zero-order valence-electron chi connectivity index (χ0n) is 22.2. The van der Waals surface area contributed by atoms with E-state index in [2.05, 4.69) is 36.7 Å². The van der Waals surface area contributed by atoms with Crippen LogP contribution in [-0.4, -0.2) is 97.7 Å². The summed E-state index contributed by atoms with van der Waals surface area (Å²) in [5.74, 6) is -6.12. The van der Waals surface area contributed by atoms with Crippen molar-refractivity contribution in [1.29, 1.82) is 0 Å². The fourth-order valence-corrected chi connectivity index (χ4v) is 2.92. The first-order valence-corrected chi connectivity index (χ1v) is 12.4. The molecule has 0 bridgehead atoms. The molecule has 0 spiro atoms. The van der Waals surface area contributed by atoms with Crippen molar-refractivity contribution in [1.82, 2.24) is 37.0 Å². The van der Waals surface area contributed by atoms with Gasteiger partial charge in [0.15, 0.2) is 0 Å². The van der Waals surface area contributed by atoms with E-state index in [-0.39, 0.29) is 19.4 Å². The summed E-state index contributed by atoms with van der Waals surface area (Å²) in [4.78, 5) is 109. The molecule has 8 amide bonds. The fraction of sp³-hybridized carbons (Fsp3) is 0.375. The predicted octanol–water partition coefficient (Wildman–Crippen LogP) is -3.90. The minimum Gasteiger partial charge on any atom is -0.445 e. The second-order valence-electron chi connectivity index (χ2n) is 8.34. The van der Waals surface area contributed by atoms with Crippen molar-refractivity contribution in [2.24, 2.45) is 0 Å². The van der Waals surface area contributed by atoms with Crippen LogP contribution in [0.2, 0.25) is 0 Å². The lowest BCUT2D eigenvalue weighted by atomic mass is 10.2. The number of rotatable bonds is 15. The van der Waals surface area contributed by atoms with Gasteiger partial charge in [0, 0.05) is 12.8 Å². The van der Waals surface area contributed by atoms with E-state index in [1.54, 1.807) is 24.3 Å². The Balaban J connectivity index is 1.48. The Morgan fingerprint density at radius 3 is 1.45 bits per heavy atom. The van der Waals surface area contributed by atoms with Crippen LogP contribution in [-0.2, 0) is 54.5 Å². The Labute approximate surface area is 238 Å². The van der Waals surface area contributed by atoms with Gasteiger partial charge < -0.3 is 41.5 Å². The Hall–Kier alpha value is -5.55. The molecular weight excluding hydrogens is 562 g/mol. The van der Waals surface area contributed by atoms with Gasteiger partial charge >= 0.3 is 12.1 Å². The number of amides is 8. The van der Waals surface area contributed by atoms with E-state index >= 15 is 0 Å². The molecule has 42 heavy (non-hydrogen) atoms. The van der Waals surface area contributed by atoms with Crippen LogP contribution in [0.4, 0.5) is 4.79 Å². The molecule has 6 N–H and O–H groups in total. The first-order chi connectivity index (χ1) is 20.0. The average molecular weight is 592 g/mol. The quantitative estimate of drug-likeness (QED) is 0.108. The summed E-state index contributed by atoms with van der Waals surface area (Å²) in [5, 5.41) is 13.5. The van der Waals surface area contributed by atoms with Crippen molar-refractivity contribution < 1.29 is 52.7 Å². The molecule has 0 unspecified atom stereocenters. The average Bonchev–Trinajstić information content (AvgIpc) is 3.30. The van der Waals surface area contributed by atoms with Gasteiger partial charge in [0.25, 0.3) is 11.8 Å². The lowest BCUT2D eigenvalue weighted by Crippen LogP contribution is -2.46. The van der Waals surface area contributed by atoms with Gasteiger partial charge in [-0.3, -0.25) is 33.6 Å². The molecule has 1 aromatic carbocycles. The molecule has 0 aliphatic carbocycles. The number of nitrogens with zero attached hydrogens (tertiary/aromatic N) is 1. The molecule has 0 saturated carbocycles. The summed E-state index contributed by atoms with van der Waals surface area (Å²) in [6.45, 7) is -3.19. The zero-order chi connectivity index (χ0) is 30.9. The SMILES string of the molecule is O=C(CNC(=O)CNC(=O)CNC(=O)OCc1ccccc1)NCC(=O)NCC(=O)NCC(=O)ON1C(=O)CCC1=O. The van der Waals surface area contributed by atoms with Gasteiger partial charge in [-0.15, -0.1) is 5.06 Å². The van der Waals surface area contributed by atoms with Crippen molar-refractivity contribution in [2.75, 3.05) is 39.3 Å². The van der Waals surface area contributed by atoms with E-state index in [9.17, 15) is 43.2 Å². The molecular formula is C24H29N7O11. The van der Waals surface area contributed by atoms with Crippen molar-refractivity contribution in [3.63, 3.8) is 0 Å². The highest BCUT2D eigenvalue weighted by atomic mass is 16.7. The predicted molar refractivity (Wildman–Crippen MR) is 137 cm³/mol. The first-order valence-electron chi connectivity index (χ1n) is 12.4. The third kappa shape index (κ3) is 13.0. The number of nitrogens with one attached hydrogen (secondary N) is 6. The molecule has 2 rings (SSSR count). The molecule has 1 heterocycles. The number of carbonyl (C=O) groups excluding carboxylic acids is 9. The van der Waals surface area contributed by atoms with Gasteiger partial charge in [0.05, 0.1) is 26.2 Å². The van der Waals surface area contributed by atoms with Crippen LogP contribution in [0.5, 0.6) is 0 Å². The van der Waals surface area contributed by atoms with Crippen molar-refractivity contribution in [3.05, 3.63) is 35.9 Å². The summed E-state index contributed by atoms with van der Waals surface area (Å²) in [7, 11) is 0. The van der Waals surface area contributed by atoms with E-state index in [1.165, 1.54) is 0 Å². The maximum Gasteiger partial charge on any atom is 0.407 e. The van der Waals surface area contributed by atoms with E-state index in [0.29, 0.717) is 5.06 Å². The van der Waals surface area contributed by atoms with Crippen LogP contribution in [0.1, 0.15) is 18.4 Å². The molecule has 226 valence electrons. The Morgan fingerprint density at radius 1 is 0.595 bits per heavy atom. The van der Waals surface area contributed by atoms with Gasteiger partial charge in [-0.25, -0.2) is 9.59 Å². The zero-order valence-corrected chi connectivity index (χ0v) is 22.2. The van der Waals surface area contributed by atoms with E-state index < -0.39 is 92.7 Å². The third-order valence-corrected chi connectivity index (χ3v) is 5.02. The number of hydrogen-bond acceptors (Lipinski definition) is 11. The van der Waals surface area contributed by atoms with Crippen molar-refractivity contribution in [3.8, 4) is 0 Å². The minimum atomic E-state index is -1.07. The molecule has 0 radical (unpaired) electrons. The van der Waals surface area contributed by atoms with Crippen LogP contribution in [0.3, 0.4) is 0 Å². The fourth-order valence-electron chi connectivity index (χ4n) is 2.92. The number of hydrogen-bond donors (Lipinski definition) is 6. The Bertz CT molecular complexity index is 1190. The highest BCUT2D eigenvalue weighted by Gasteiger charge is 2.32. The van der Waals surface area contributed by atoms with E-state index in [0.717, 1.165) is 5.56 Å². The normalized spacial score (nSPS) is 12.0. The van der Waals surface area contributed by atoms with Crippen LogP contribution in [0.25, 0.3) is 0 Å². The summed E-state index contributed by atoms with van der Waals surface area (Å²) < 4.78 is 4.94. The summed E-state index contributed by atoms with van der Waals surface area (Å²) in [6.07, 6.45) is -0.990. The van der Waals surface area contributed by atoms with Gasteiger partial charge in [-0.1, -0.05) is 30.3 Å². The molecule has 0 atom stereocenters. The molecule has 0 aromatic heterocycles. The van der Waals surface area contributed by atoms with Crippen LogP contribution >= 0.6 is 0 Å². The monoisotopic (exact) mass is 591 g/mol. The molecule has 1 fully saturated rings. The van der Waals surface area contributed by atoms with Gasteiger partial charge in [0.1, 0.15) is 19.7 Å². The van der Waals surface area contributed by atoms with Crippen LogP contribution in [0, 0.1) is 0 Å². The molecule has 18 heteroatoms. The van der Waals surface area contributed by atoms with Crippen molar-refractivity contribution >= 4 is 53.4 Å². The van der Waals surface area contributed by atoms with Gasteiger partial charge in [-0.05, 0) is 5.56 Å². The third-order valence-electron chi connectivity index (χ3n) is 5.02. The minimum absolute atomic E-state index is 0.0163. The number of alkyl carbamates (subject to hydrolysis) is 1. The topological polar surface area (TPSA) is 248 Å². The summed E-state index contributed by atoms with van der Waals surface area (Å²) in [5.41, 5.74) is 0.761. The van der Waals surface area contributed by atoms with Crippen LogP contribution < -0.4 is 31.9 Å². The number of benzene rings is 1. The standard InChI is InChI=1S/C24H29N7O11/c32-16(8-26-18(34)10-28-20(36)12-30-24(40)41-14-15-4-2-1-3-5-15)25-9-17(33)27-11-19(35)29-13-23(39)42-31-21(37)6-7-22(31)38/h1-5H,6-14H2,(H,25,32)(H,26,34)(H,27,33)(H,28,36)(H,29,35)(H,30,40). The smallest absolute Gasteiger partial charge is 0.407 e. The molecule has 18 nitrogen and oxygen atoms in total. The molecule has 1 aliphatic rings. The largest absolute Gasteiger partial charge is 0.445 e. The van der Waals surface area contributed by atoms with Gasteiger partial charge in [-0.2, -0.15) is 0 Å². The molecule has 1 saturated heterocycles. The number of carbonyl (C=O) groups is 9. The maximum absolute atomic E-state index is 11.8. The lowest BCUT2D eigenvalue weighted by molar-refractivity contribution is -0.196. The summed E-state index contributed by atoms with van der Waals surface area (Å²) >= 11 is 0. The van der Waals surface area contributed by atoms with Crippen LogP contribution in [0.15, 0.2) is 30.3 Å². The Kier molecular flexibility index (Phi) is 13.4. The maximum atomic E-state index is 11.8. The second kappa shape index (κ2) is 17.2. The number of hydroxylamine groups is 2. The van der Waals surface area contributed by atoms with Gasteiger partial charge in [0.2, 0.25) is 29.5 Å². The van der Waals surface area contributed by atoms with E-state index in [1.807, 2.05) is 6.07 Å². The first kappa shape index (κ1) is 32.7. The molecule has 1 aromatic rings.